The van der Waals surface area contributed by atoms with Crippen LogP contribution in [0.2, 0.25) is 0 Å². The molecule has 1 aromatic heterocycles. The number of nitrogens with zero attached hydrogens (tertiary/aromatic N) is 3. The lowest BCUT2D eigenvalue weighted by Crippen LogP contribution is -2.33. The van der Waals surface area contributed by atoms with E-state index in [1.54, 1.807) is 42.7 Å². The Hall–Kier alpha value is -3.49. The maximum Gasteiger partial charge on any atom is 0.329 e. The van der Waals surface area contributed by atoms with Crippen LogP contribution in [0.25, 0.3) is 0 Å². The molecule has 1 aliphatic heterocycles. The fourth-order valence-electron chi connectivity index (χ4n) is 2.68. The number of hydrogen-bond acceptors (Lipinski definition) is 6. The summed E-state index contributed by atoms with van der Waals surface area (Å²) in [6.45, 7) is 0.884. The van der Waals surface area contributed by atoms with Crippen LogP contribution in [0, 0.1) is 0 Å². The van der Waals surface area contributed by atoms with Gasteiger partial charge in [0, 0.05) is 31.9 Å². The molecule has 0 radical (unpaired) electrons. The monoisotopic (exact) mass is 368 g/mol. The maximum absolute atomic E-state index is 12.4. The minimum atomic E-state index is -0.695. The van der Waals surface area contributed by atoms with Gasteiger partial charge in [-0.2, -0.15) is 0 Å². The Morgan fingerprint density at radius 2 is 1.81 bits per heavy atom. The number of urea groups is 1. The molecule has 2 heterocycles. The highest BCUT2D eigenvalue weighted by molar-refractivity contribution is 6.21. The molecule has 3 rings (SSSR count). The summed E-state index contributed by atoms with van der Waals surface area (Å²) in [5.74, 6) is -0.0418. The zero-order valence-corrected chi connectivity index (χ0v) is 14.6. The van der Waals surface area contributed by atoms with Crippen molar-refractivity contribution in [2.75, 3.05) is 23.3 Å². The van der Waals surface area contributed by atoms with Gasteiger partial charge in [0.2, 0.25) is 11.9 Å². The molecule has 140 valence electrons. The smallest absolute Gasteiger partial charge is 0.329 e. The van der Waals surface area contributed by atoms with Gasteiger partial charge in [-0.25, -0.2) is 19.7 Å². The first-order valence-corrected chi connectivity index (χ1v) is 8.62. The zero-order chi connectivity index (χ0) is 19.1. The predicted octanol–water partition coefficient (Wildman–Crippen LogP) is 0.910. The molecule has 3 N–H and O–H groups in total. The van der Waals surface area contributed by atoms with E-state index in [1.807, 2.05) is 6.07 Å². The van der Waals surface area contributed by atoms with E-state index in [-0.39, 0.29) is 24.7 Å². The Labute approximate surface area is 156 Å². The van der Waals surface area contributed by atoms with E-state index in [4.69, 9.17) is 0 Å². The van der Waals surface area contributed by atoms with Gasteiger partial charge >= 0.3 is 6.03 Å². The molecule has 1 fully saturated rings. The molecule has 0 bridgehead atoms. The van der Waals surface area contributed by atoms with Crippen molar-refractivity contribution in [2.24, 2.45) is 0 Å². The standard InChI is InChI=1S/C18H20N6O3/c25-15(19-11-12-22-17-20-9-4-10-21-17)8-7-14-16(26)24(18(27)23-14)13-5-2-1-3-6-13/h1-6,9-10,14H,7-8,11-12H2,(H,19,25)(H,23,27)(H,20,21,22)/t14-/m1/s1. The summed E-state index contributed by atoms with van der Waals surface area (Å²) in [6.07, 6.45) is 3.63. The van der Waals surface area contributed by atoms with Crippen molar-refractivity contribution in [3.8, 4) is 0 Å². The first-order chi connectivity index (χ1) is 13.1. The second-order valence-electron chi connectivity index (χ2n) is 5.90. The van der Waals surface area contributed by atoms with Crippen LogP contribution in [0.3, 0.4) is 0 Å². The van der Waals surface area contributed by atoms with Crippen LogP contribution in [0.5, 0.6) is 0 Å². The molecule has 2 aromatic rings. The minimum Gasteiger partial charge on any atom is -0.354 e. The van der Waals surface area contributed by atoms with E-state index < -0.39 is 12.1 Å². The van der Waals surface area contributed by atoms with Crippen LogP contribution in [-0.2, 0) is 9.59 Å². The number of carbonyl (C=O) groups is 3. The molecule has 0 spiro atoms. The largest absolute Gasteiger partial charge is 0.354 e. The number of rotatable bonds is 8. The molecular weight excluding hydrogens is 348 g/mol. The van der Waals surface area contributed by atoms with Crippen molar-refractivity contribution in [2.45, 2.75) is 18.9 Å². The fourth-order valence-corrected chi connectivity index (χ4v) is 2.68. The molecule has 0 aliphatic carbocycles. The van der Waals surface area contributed by atoms with E-state index in [1.165, 1.54) is 0 Å². The summed E-state index contributed by atoms with van der Waals surface area (Å²) in [5, 5.41) is 8.36. The van der Waals surface area contributed by atoms with E-state index in [2.05, 4.69) is 25.9 Å². The number of imide groups is 1. The van der Waals surface area contributed by atoms with Crippen molar-refractivity contribution in [1.82, 2.24) is 20.6 Å². The molecule has 0 saturated carbocycles. The molecule has 4 amide bonds. The molecule has 27 heavy (non-hydrogen) atoms. The van der Waals surface area contributed by atoms with E-state index >= 15 is 0 Å². The van der Waals surface area contributed by atoms with Crippen LogP contribution < -0.4 is 20.9 Å². The highest BCUT2D eigenvalue weighted by atomic mass is 16.2. The number of nitrogens with one attached hydrogen (secondary N) is 3. The van der Waals surface area contributed by atoms with Crippen molar-refractivity contribution in [1.29, 1.82) is 0 Å². The Morgan fingerprint density at radius 1 is 1.07 bits per heavy atom. The van der Waals surface area contributed by atoms with Gasteiger partial charge in [-0.15, -0.1) is 0 Å². The number of para-hydroxylation sites is 1. The highest BCUT2D eigenvalue weighted by Gasteiger charge is 2.38. The van der Waals surface area contributed by atoms with Crippen molar-refractivity contribution in [3.63, 3.8) is 0 Å². The maximum atomic E-state index is 12.4. The summed E-state index contributed by atoms with van der Waals surface area (Å²) in [4.78, 5) is 45.6. The molecule has 9 heteroatoms. The molecule has 1 aromatic carbocycles. The van der Waals surface area contributed by atoms with E-state index in [9.17, 15) is 14.4 Å². The molecule has 1 aliphatic rings. The topological polar surface area (TPSA) is 116 Å². The van der Waals surface area contributed by atoms with Gasteiger partial charge in [0.05, 0.1) is 5.69 Å². The number of amides is 4. The Balaban J connectivity index is 1.40. The highest BCUT2D eigenvalue weighted by Crippen LogP contribution is 2.20. The van der Waals surface area contributed by atoms with Crippen LogP contribution >= 0.6 is 0 Å². The van der Waals surface area contributed by atoms with Gasteiger partial charge in [-0.1, -0.05) is 18.2 Å². The number of hydrogen-bond donors (Lipinski definition) is 3. The fraction of sp³-hybridized carbons (Fsp3) is 0.278. The number of benzene rings is 1. The van der Waals surface area contributed by atoms with Gasteiger partial charge in [-0.3, -0.25) is 9.59 Å². The Morgan fingerprint density at radius 3 is 2.56 bits per heavy atom. The summed E-state index contributed by atoms with van der Waals surface area (Å²) >= 11 is 0. The lowest BCUT2D eigenvalue weighted by Gasteiger charge is -2.12. The lowest BCUT2D eigenvalue weighted by molar-refractivity contribution is -0.121. The Kier molecular flexibility index (Phi) is 5.93. The molecular formula is C18H20N6O3. The third kappa shape index (κ3) is 4.78. The van der Waals surface area contributed by atoms with Crippen LogP contribution in [-0.4, -0.2) is 46.9 Å². The summed E-state index contributed by atoms with van der Waals surface area (Å²) in [7, 11) is 0. The van der Waals surface area contributed by atoms with Crippen molar-refractivity contribution < 1.29 is 14.4 Å². The van der Waals surface area contributed by atoms with Gasteiger partial charge in [0.25, 0.3) is 5.91 Å². The van der Waals surface area contributed by atoms with Gasteiger partial charge in [0.1, 0.15) is 6.04 Å². The molecule has 0 unspecified atom stereocenters. The van der Waals surface area contributed by atoms with Gasteiger partial charge in [0.15, 0.2) is 0 Å². The van der Waals surface area contributed by atoms with E-state index in [0.29, 0.717) is 24.7 Å². The third-order valence-electron chi connectivity index (χ3n) is 3.99. The second-order valence-corrected chi connectivity index (χ2v) is 5.90. The van der Waals surface area contributed by atoms with Crippen LogP contribution in [0.4, 0.5) is 16.4 Å². The van der Waals surface area contributed by atoms with E-state index in [0.717, 1.165) is 4.90 Å². The number of aromatic nitrogens is 2. The average molecular weight is 368 g/mol. The van der Waals surface area contributed by atoms with Gasteiger partial charge in [-0.05, 0) is 24.6 Å². The van der Waals surface area contributed by atoms with Crippen LogP contribution in [0.1, 0.15) is 12.8 Å². The normalized spacial score (nSPS) is 16.1. The number of anilines is 2. The Bertz CT molecular complexity index is 799. The van der Waals surface area contributed by atoms with Crippen LogP contribution in [0.15, 0.2) is 48.8 Å². The third-order valence-corrected chi connectivity index (χ3v) is 3.99. The second kappa shape index (κ2) is 8.75. The van der Waals surface area contributed by atoms with Crippen molar-refractivity contribution >= 4 is 29.5 Å². The SMILES string of the molecule is O=C(CC[C@H]1NC(=O)N(c2ccccc2)C1=O)NCCNc1ncccn1. The van der Waals surface area contributed by atoms with Crippen molar-refractivity contribution in [3.05, 3.63) is 48.8 Å². The number of carbonyl (C=O) groups excluding carboxylic acids is 3. The lowest BCUT2D eigenvalue weighted by atomic mass is 10.1. The predicted molar refractivity (Wildman–Crippen MR) is 99.0 cm³/mol. The zero-order valence-electron chi connectivity index (χ0n) is 14.6. The molecule has 1 saturated heterocycles. The quantitative estimate of drug-likeness (QED) is 0.471. The first-order valence-electron chi connectivity index (χ1n) is 8.62. The summed E-state index contributed by atoms with van der Waals surface area (Å²) < 4.78 is 0. The minimum absolute atomic E-state index is 0.140. The summed E-state index contributed by atoms with van der Waals surface area (Å²) in [5.41, 5.74) is 0.515. The molecule has 1 atom stereocenters. The van der Waals surface area contributed by atoms with Gasteiger partial charge < -0.3 is 16.0 Å². The average Bonchev–Trinajstić information content (AvgIpc) is 2.98. The summed E-state index contributed by atoms with van der Waals surface area (Å²) in [6, 6.07) is 9.25. The molecule has 9 nitrogen and oxygen atoms in total. The first kappa shape index (κ1) is 18.3.